The first-order chi connectivity index (χ1) is 11.4. The molecule has 6 heteroatoms. The smallest absolute Gasteiger partial charge is 0.321 e. The Labute approximate surface area is 144 Å². The fourth-order valence-corrected chi connectivity index (χ4v) is 2.21. The number of urea groups is 1. The highest BCUT2D eigenvalue weighted by atomic mass is 16.5. The molecule has 0 atom stereocenters. The van der Waals surface area contributed by atoms with Crippen LogP contribution in [0.15, 0.2) is 24.3 Å². The van der Waals surface area contributed by atoms with Gasteiger partial charge in [0.15, 0.2) is 0 Å². The summed E-state index contributed by atoms with van der Waals surface area (Å²) in [5.74, 6) is 0.243. The van der Waals surface area contributed by atoms with Crippen molar-refractivity contribution in [2.45, 2.75) is 27.2 Å². The second kappa shape index (κ2) is 10.6. The van der Waals surface area contributed by atoms with Gasteiger partial charge in [-0.15, -0.1) is 0 Å². The molecular weight excluding hydrogens is 306 g/mol. The normalized spacial score (nSPS) is 10.5. The van der Waals surface area contributed by atoms with E-state index in [1.54, 1.807) is 36.2 Å². The summed E-state index contributed by atoms with van der Waals surface area (Å²) in [6.45, 7) is 8.60. The van der Waals surface area contributed by atoms with E-state index in [0.29, 0.717) is 43.5 Å². The number of carbonyl (C=O) groups excluding carboxylic acids is 2. The van der Waals surface area contributed by atoms with Gasteiger partial charge in [-0.25, -0.2) is 4.79 Å². The van der Waals surface area contributed by atoms with Crippen LogP contribution in [-0.2, 0) is 4.74 Å². The van der Waals surface area contributed by atoms with Crippen LogP contribution in [0.25, 0.3) is 0 Å². The van der Waals surface area contributed by atoms with E-state index in [0.717, 1.165) is 6.42 Å². The summed E-state index contributed by atoms with van der Waals surface area (Å²) in [5.41, 5.74) is 1.13. The summed E-state index contributed by atoms with van der Waals surface area (Å²) in [7, 11) is 1.75. The van der Waals surface area contributed by atoms with Crippen LogP contribution in [0.2, 0.25) is 0 Å². The Morgan fingerprint density at radius 3 is 2.71 bits per heavy atom. The van der Waals surface area contributed by atoms with Crippen LogP contribution in [0, 0.1) is 5.92 Å². The summed E-state index contributed by atoms with van der Waals surface area (Å²) in [6.07, 6.45) is 0.774. The lowest BCUT2D eigenvalue weighted by molar-refractivity contribution is 0.0944. The minimum absolute atomic E-state index is 0.155. The zero-order valence-corrected chi connectivity index (χ0v) is 15.1. The fourth-order valence-electron chi connectivity index (χ4n) is 2.21. The zero-order valence-electron chi connectivity index (χ0n) is 15.1. The van der Waals surface area contributed by atoms with Gasteiger partial charge in [-0.2, -0.15) is 0 Å². The number of ether oxygens (including phenoxy) is 1. The van der Waals surface area contributed by atoms with Crippen molar-refractivity contribution in [3.8, 4) is 0 Å². The summed E-state index contributed by atoms with van der Waals surface area (Å²) >= 11 is 0. The Hall–Kier alpha value is -2.08. The van der Waals surface area contributed by atoms with Crippen molar-refractivity contribution in [3.63, 3.8) is 0 Å². The molecule has 6 nitrogen and oxygen atoms in total. The maximum absolute atomic E-state index is 12.1. The molecule has 0 radical (unpaired) electrons. The quantitative estimate of drug-likeness (QED) is 0.682. The van der Waals surface area contributed by atoms with Crippen LogP contribution in [0.5, 0.6) is 0 Å². The van der Waals surface area contributed by atoms with Gasteiger partial charge >= 0.3 is 6.03 Å². The van der Waals surface area contributed by atoms with Crippen molar-refractivity contribution >= 4 is 17.6 Å². The van der Waals surface area contributed by atoms with E-state index in [-0.39, 0.29) is 11.9 Å². The Bertz CT molecular complexity index is 532. The second-order valence-corrected chi connectivity index (χ2v) is 6.09. The zero-order chi connectivity index (χ0) is 17.9. The number of hydrogen-bond acceptors (Lipinski definition) is 3. The van der Waals surface area contributed by atoms with E-state index in [1.165, 1.54) is 0 Å². The number of amides is 3. The molecular formula is C18H29N3O3. The molecule has 0 aliphatic carbocycles. The number of nitrogens with zero attached hydrogens (tertiary/aromatic N) is 1. The maximum Gasteiger partial charge on any atom is 0.321 e. The van der Waals surface area contributed by atoms with Crippen LogP contribution in [0.3, 0.4) is 0 Å². The summed E-state index contributed by atoms with van der Waals surface area (Å²) in [5, 5.41) is 5.66. The predicted molar refractivity (Wildman–Crippen MR) is 96.4 cm³/mol. The maximum atomic E-state index is 12.1. The van der Waals surface area contributed by atoms with Crippen LogP contribution < -0.4 is 10.6 Å². The molecule has 1 rings (SSSR count). The fraction of sp³-hybridized carbons (Fsp3) is 0.556. The molecule has 24 heavy (non-hydrogen) atoms. The molecule has 3 amide bonds. The topological polar surface area (TPSA) is 70.7 Å². The van der Waals surface area contributed by atoms with Crippen LogP contribution in [0.1, 0.15) is 37.6 Å². The van der Waals surface area contributed by atoms with Crippen LogP contribution in [0.4, 0.5) is 10.5 Å². The largest absolute Gasteiger partial charge is 0.382 e. The summed E-state index contributed by atoms with van der Waals surface area (Å²) in [6, 6.07) is 6.75. The van der Waals surface area contributed by atoms with Crippen molar-refractivity contribution in [1.82, 2.24) is 10.2 Å². The first-order valence-electron chi connectivity index (χ1n) is 8.42. The Morgan fingerprint density at radius 1 is 1.29 bits per heavy atom. The van der Waals surface area contributed by atoms with E-state index in [2.05, 4.69) is 24.5 Å². The van der Waals surface area contributed by atoms with Crippen molar-refractivity contribution < 1.29 is 14.3 Å². The Morgan fingerprint density at radius 2 is 2.04 bits per heavy atom. The molecule has 0 aliphatic rings. The van der Waals surface area contributed by atoms with Gasteiger partial charge in [0.05, 0.1) is 0 Å². The van der Waals surface area contributed by atoms with Gasteiger partial charge in [0, 0.05) is 44.6 Å². The predicted octanol–water partition coefficient (Wildman–Crippen LogP) is 2.96. The SMILES string of the molecule is CCOCCCNC(=O)c1cccc(NC(=O)N(C)CC(C)C)c1. The van der Waals surface area contributed by atoms with Crippen molar-refractivity contribution in [1.29, 1.82) is 0 Å². The summed E-state index contributed by atoms with van der Waals surface area (Å²) in [4.78, 5) is 25.9. The van der Waals surface area contributed by atoms with E-state index in [9.17, 15) is 9.59 Å². The molecule has 0 aliphatic heterocycles. The highest BCUT2D eigenvalue weighted by Crippen LogP contribution is 2.12. The van der Waals surface area contributed by atoms with Crippen LogP contribution in [-0.4, -0.2) is 50.2 Å². The third-order valence-corrected chi connectivity index (χ3v) is 3.32. The lowest BCUT2D eigenvalue weighted by Crippen LogP contribution is -2.34. The van der Waals surface area contributed by atoms with Gasteiger partial charge in [-0.05, 0) is 37.5 Å². The number of carbonyl (C=O) groups is 2. The number of anilines is 1. The molecule has 1 aromatic carbocycles. The van der Waals surface area contributed by atoms with Gasteiger partial charge in [-0.1, -0.05) is 19.9 Å². The summed E-state index contributed by atoms with van der Waals surface area (Å²) < 4.78 is 5.23. The lowest BCUT2D eigenvalue weighted by atomic mass is 10.2. The molecule has 0 bridgehead atoms. The van der Waals surface area contributed by atoms with E-state index in [4.69, 9.17) is 4.74 Å². The first-order valence-corrected chi connectivity index (χ1v) is 8.42. The number of hydrogen-bond donors (Lipinski definition) is 2. The molecule has 0 saturated heterocycles. The average molecular weight is 335 g/mol. The standard InChI is InChI=1S/C18H29N3O3/c1-5-24-11-7-10-19-17(22)15-8-6-9-16(12-15)20-18(23)21(4)13-14(2)3/h6,8-9,12,14H,5,7,10-11,13H2,1-4H3,(H,19,22)(H,20,23). The molecule has 0 fully saturated rings. The lowest BCUT2D eigenvalue weighted by Gasteiger charge is -2.20. The molecule has 0 spiro atoms. The minimum atomic E-state index is -0.182. The molecule has 0 unspecified atom stereocenters. The molecule has 1 aromatic rings. The highest BCUT2D eigenvalue weighted by Gasteiger charge is 2.11. The van der Waals surface area contributed by atoms with E-state index < -0.39 is 0 Å². The van der Waals surface area contributed by atoms with Crippen molar-refractivity contribution in [2.75, 3.05) is 38.7 Å². The monoisotopic (exact) mass is 335 g/mol. The van der Waals surface area contributed by atoms with Gasteiger partial charge in [0.2, 0.25) is 0 Å². The minimum Gasteiger partial charge on any atom is -0.382 e. The number of rotatable bonds is 9. The van der Waals surface area contributed by atoms with Gasteiger partial charge in [0.1, 0.15) is 0 Å². The average Bonchev–Trinajstić information content (AvgIpc) is 2.54. The second-order valence-electron chi connectivity index (χ2n) is 6.09. The van der Waals surface area contributed by atoms with E-state index in [1.807, 2.05) is 6.92 Å². The third-order valence-electron chi connectivity index (χ3n) is 3.32. The van der Waals surface area contributed by atoms with Gasteiger partial charge in [-0.3, -0.25) is 4.79 Å². The molecule has 0 heterocycles. The van der Waals surface area contributed by atoms with Crippen molar-refractivity contribution in [2.24, 2.45) is 5.92 Å². The first kappa shape index (κ1) is 20.0. The number of benzene rings is 1. The Kier molecular flexibility index (Phi) is 8.86. The Balaban J connectivity index is 2.53. The molecule has 2 N–H and O–H groups in total. The third kappa shape index (κ3) is 7.46. The van der Waals surface area contributed by atoms with Gasteiger partial charge < -0.3 is 20.3 Å². The highest BCUT2D eigenvalue weighted by molar-refractivity contribution is 5.96. The van der Waals surface area contributed by atoms with Crippen molar-refractivity contribution in [3.05, 3.63) is 29.8 Å². The molecule has 0 saturated carbocycles. The van der Waals surface area contributed by atoms with E-state index >= 15 is 0 Å². The molecule has 134 valence electrons. The molecule has 0 aromatic heterocycles. The van der Waals surface area contributed by atoms with Crippen LogP contribution >= 0.6 is 0 Å². The van der Waals surface area contributed by atoms with Gasteiger partial charge in [0.25, 0.3) is 5.91 Å². The number of nitrogens with one attached hydrogen (secondary N) is 2.